The monoisotopic (exact) mass is 412 g/mol. The second kappa shape index (κ2) is 11.0. The first-order valence-electron chi connectivity index (χ1n) is 10.9. The minimum absolute atomic E-state index is 0.0424. The van der Waals surface area contributed by atoms with Crippen LogP contribution in [0, 0.1) is 0 Å². The summed E-state index contributed by atoms with van der Waals surface area (Å²) >= 11 is 0. The van der Waals surface area contributed by atoms with Crippen LogP contribution in [0.25, 0.3) is 0 Å². The molecule has 0 radical (unpaired) electrons. The molecule has 3 rings (SSSR count). The molecule has 6 heteroatoms. The highest BCUT2D eigenvalue weighted by molar-refractivity contribution is 5.96. The number of amides is 2. The molecule has 1 aromatic heterocycles. The lowest BCUT2D eigenvalue weighted by molar-refractivity contribution is -0.134. The van der Waals surface area contributed by atoms with Gasteiger partial charge in [-0.15, -0.1) is 0 Å². The first-order chi connectivity index (χ1) is 14.6. The molecular weight excluding hydrogens is 380 g/mol. The average Bonchev–Trinajstić information content (AvgIpc) is 3.47. The zero-order valence-corrected chi connectivity index (χ0v) is 18.0. The fourth-order valence-electron chi connectivity index (χ4n) is 3.73. The normalized spacial score (nSPS) is 15.9. The van der Waals surface area contributed by atoms with E-state index in [-0.39, 0.29) is 24.5 Å². The molecule has 0 saturated carbocycles. The van der Waals surface area contributed by atoms with E-state index in [0.29, 0.717) is 25.2 Å². The molecule has 0 spiro atoms. The van der Waals surface area contributed by atoms with Crippen LogP contribution < -0.4 is 0 Å². The second-order valence-electron chi connectivity index (χ2n) is 7.77. The van der Waals surface area contributed by atoms with Crippen LogP contribution in [0.4, 0.5) is 0 Å². The number of rotatable bonds is 10. The van der Waals surface area contributed by atoms with Gasteiger partial charge < -0.3 is 19.0 Å². The maximum atomic E-state index is 13.2. The van der Waals surface area contributed by atoms with Crippen molar-refractivity contribution >= 4 is 11.8 Å². The van der Waals surface area contributed by atoms with E-state index in [9.17, 15) is 9.59 Å². The standard InChI is InChI=1S/C24H32N2O4/c1-3-13-25(24(28)20-11-9-19(4-2)10-12-20)18-23(27)26(16-21-7-5-14-29-21)17-22-8-6-15-30-22/h5,7,9-12,14,22H,3-4,6,8,13,15-18H2,1-2H3. The Bertz CT molecular complexity index is 795. The number of ether oxygens (including phenoxy) is 1. The molecule has 1 aromatic carbocycles. The van der Waals surface area contributed by atoms with Gasteiger partial charge in [-0.1, -0.05) is 26.0 Å². The summed E-state index contributed by atoms with van der Waals surface area (Å²) in [6.07, 6.45) is 5.33. The van der Waals surface area contributed by atoms with Gasteiger partial charge in [0.1, 0.15) is 12.3 Å². The number of carbonyl (C=O) groups is 2. The van der Waals surface area contributed by atoms with E-state index in [4.69, 9.17) is 9.15 Å². The molecule has 162 valence electrons. The van der Waals surface area contributed by atoms with Crippen LogP contribution >= 0.6 is 0 Å². The van der Waals surface area contributed by atoms with Crippen LogP contribution in [0.2, 0.25) is 0 Å². The lowest BCUT2D eigenvalue weighted by Gasteiger charge is -2.28. The Morgan fingerprint density at radius 1 is 1.10 bits per heavy atom. The number of carbonyl (C=O) groups excluding carboxylic acids is 2. The molecular formula is C24H32N2O4. The van der Waals surface area contributed by atoms with Gasteiger partial charge in [-0.2, -0.15) is 0 Å². The summed E-state index contributed by atoms with van der Waals surface area (Å²) in [5.74, 6) is 0.529. The summed E-state index contributed by atoms with van der Waals surface area (Å²) in [5.41, 5.74) is 1.80. The van der Waals surface area contributed by atoms with Crippen molar-refractivity contribution in [2.75, 3.05) is 26.2 Å². The molecule has 1 fully saturated rings. The maximum Gasteiger partial charge on any atom is 0.254 e. The molecule has 2 amide bonds. The van der Waals surface area contributed by atoms with Gasteiger partial charge in [0.05, 0.1) is 18.9 Å². The Kier molecular flexibility index (Phi) is 8.08. The highest BCUT2D eigenvalue weighted by Crippen LogP contribution is 2.16. The van der Waals surface area contributed by atoms with Crippen LogP contribution in [-0.4, -0.2) is 54.0 Å². The summed E-state index contributed by atoms with van der Waals surface area (Å²) in [6, 6.07) is 11.3. The van der Waals surface area contributed by atoms with Gasteiger partial charge in [-0.25, -0.2) is 0 Å². The molecule has 6 nitrogen and oxygen atoms in total. The van der Waals surface area contributed by atoms with Crippen molar-refractivity contribution in [1.82, 2.24) is 9.80 Å². The lowest BCUT2D eigenvalue weighted by Crippen LogP contribution is -2.45. The highest BCUT2D eigenvalue weighted by atomic mass is 16.5. The van der Waals surface area contributed by atoms with Crippen LogP contribution in [0.5, 0.6) is 0 Å². The van der Waals surface area contributed by atoms with Crippen LogP contribution in [0.3, 0.4) is 0 Å². The van der Waals surface area contributed by atoms with E-state index >= 15 is 0 Å². The van der Waals surface area contributed by atoms with Crippen LogP contribution in [0.15, 0.2) is 47.1 Å². The zero-order chi connectivity index (χ0) is 21.3. The molecule has 1 saturated heterocycles. The van der Waals surface area contributed by atoms with Gasteiger partial charge in [0.25, 0.3) is 5.91 Å². The Balaban J connectivity index is 1.71. The Labute approximate surface area is 178 Å². The Hall–Kier alpha value is -2.60. The van der Waals surface area contributed by atoms with Crippen molar-refractivity contribution in [3.8, 4) is 0 Å². The van der Waals surface area contributed by atoms with Gasteiger partial charge in [0, 0.05) is 25.3 Å². The van der Waals surface area contributed by atoms with Gasteiger partial charge in [-0.3, -0.25) is 9.59 Å². The van der Waals surface area contributed by atoms with Crippen molar-refractivity contribution in [2.24, 2.45) is 0 Å². The van der Waals surface area contributed by atoms with E-state index in [1.807, 2.05) is 43.3 Å². The largest absolute Gasteiger partial charge is 0.467 e. The summed E-state index contributed by atoms with van der Waals surface area (Å²) in [6.45, 7) is 6.31. The lowest BCUT2D eigenvalue weighted by atomic mass is 10.1. The highest BCUT2D eigenvalue weighted by Gasteiger charge is 2.26. The molecule has 1 atom stereocenters. The molecule has 2 aromatic rings. The third kappa shape index (κ3) is 5.95. The minimum Gasteiger partial charge on any atom is -0.467 e. The summed E-state index contributed by atoms with van der Waals surface area (Å²) < 4.78 is 11.2. The molecule has 30 heavy (non-hydrogen) atoms. The molecule has 0 N–H and O–H groups in total. The number of hydrogen-bond acceptors (Lipinski definition) is 4. The molecule has 2 heterocycles. The third-order valence-electron chi connectivity index (χ3n) is 5.44. The van der Waals surface area contributed by atoms with E-state index in [0.717, 1.165) is 38.1 Å². The maximum absolute atomic E-state index is 13.2. The van der Waals surface area contributed by atoms with E-state index in [1.54, 1.807) is 16.1 Å². The Morgan fingerprint density at radius 3 is 2.50 bits per heavy atom. The van der Waals surface area contributed by atoms with Gasteiger partial charge in [0.15, 0.2) is 0 Å². The predicted octanol–water partition coefficient (Wildman–Crippen LogP) is 3.90. The minimum atomic E-state index is -0.108. The number of nitrogens with zero attached hydrogens (tertiary/aromatic N) is 2. The van der Waals surface area contributed by atoms with Gasteiger partial charge in [0.2, 0.25) is 5.91 Å². The van der Waals surface area contributed by atoms with Crippen molar-refractivity contribution in [2.45, 2.75) is 52.2 Å². The summed E-state index contributed by atoms with van der Waals surface area (Å²) in [4.78, 5) is 29.7. The molecule has 1 unspecified atom stereocenters. The van der Waals surface area contributed by atoms with Crippen LogP contribution in [0.1, 0.15) is 54.8 Å². The molecule has 1 aliphatic heterocycles. The summed E-state index contributed by atoms with van der Waals surface area (Å²) in [7, 11) is 0. The smallest absolute Gasteiger partial charge is 0.254 e. The zero-order valence-electron chi connectivity index (χ0n) is 18.0. The van der Waals surface area contributed by atoms with Crippen molar-refractivity contribution in [3.63, 3.8) is 0 Å². The average molecular weight is 413 g/mol. The fourth-order valence-corrected chi connectivity index (χ4v) is 3.73. The number of aryl methyl sites for hydroxylation is 1. The predicted molar refractivity (Wildman–Crippen MR) is 115 cm³/mol. The second-order valence-corrected chi connectivity index (χ2v) is 7.77. The number of benzene rings is 1. The fraction of sp³-hybridized carbons (Fsp3) is 0.500. The summed E-state index contributed by atoms with van der Waals surface area (Å²) in [5, 5.41) is 0. The molecule has 0 aliphatic carbocycles. The number of hydrogen-bond donors (Lipinski definition) is 0. The van der Waals surface area contributed by atoms with Gasteiger partial charge >= 0.3 is 0 Å². The first kappa shape index (κ1) is 22.1. The third-order valence-corrected chi connectivity index (χ3v) is 5.44. The van der Waals surface area contributed by atoms with Crippen molar-refractivity contribution < 1.29 is 18.7 Å². The van der Waals surface area contributed by atoms with E-state index in [2.05, 4.69) is 6.92 Å². The number of furan rings is 1. The molecule has 1 aliphatic rings. The molecule has 0 bridgehead atoms. The SMILES string of the molecule is CCCN(CC(=O)N(Cc1ccco1)CC1CCCO1)C(=O)c1ccc(CC)cc1. The van der Waals surface area contributed by atoms with Crippen molar-refractivity contribution in [3.05, 3.63) is 59.5 Å². The van der Waals surface area contributed by atoms with Crippen LogP contribution in [-0.2, 0) is 22.5 Å². The van der Waals surface area contributed by atoms with E-state index in [1.165, 1.54) is 5.56 Å². The quantitative estimate of drug-likeness (QED) is 0.594. The topological polar surface area (TPSA) is 63.0 Å². The van der Waals surface area contributed by atoms with Crippen molar-refractivity contribution in [1.29, 1.82) is 0 Å². The van der Waals surface area contributed by atoms with E-state index < -0.39 is 0 Å². The Morgan fingerprint density at radius 2 is 1.90 bits per heavy atom. The first-order valence-corrected chi connectivity index (χ1v) is 10.9. The van der Waals surface area contributed by atoms with Gasteiger partial charge in [-0.05, 0) is 55.5 Å².